The van der Waals surface area contributed by atoms with Gasteiger partial charge in [0, 0.05) is 32.4 Å². The average Bonchev–Trinajstić information content (AvgIpc) is 2.81. The van der Waals surface area contributed by atoms with E-state index in [4.69, 9.17) is 0 Å². The van der Waals surface area contributed by atoms with Gasteiger partial charge in [-0.1, -0.05) is 30.3 Å². The van der Waals surface area contributed by atoms with Crippen LogP contribution in [0, 0.1) is 3.57 Å². The summed E-state index contributed by atoms with van der Waals surface area (Å²) >= 11 is 4.35. The van der Waals surface area contributed by atoms with Gasteiger partial charge in [-0.25, -0.2) is 0 Å². The van der Waals surface area contributed by atoms with Crippen LogP contribution in [0.3, 0.4) is 0 Å². The van der Waals surface area contributed by atoms with Crippen LogP contribution in [-0.4, -0.2) is 12.3 Å². The highest BCUT2D eigenvalue weighted by molar-refractivity contribution is 14.1. The van der Waals surface area contributed by atoms with Crippen molar-refractivity contribution in [2.75, 3.05) is 17.6 Å². The second kappa shape index (κ2) is 5.53. The summed E-state index contributed by atoms with van der Waals surface area (Å²) in [6.07, 6.45) is 0. The van der Waals surface area contributed by atoms with E-state index in [1.807, 2.05) is 11.8 Å². The van der Waals surface area contributed by atoms with Crippen LogP contribution in [0.4, 0.5) is 5.69 Å². The smallest absolute Gasteiger partial charge is 0.0476 e. The summed E-state index contributed by atoms with van der Waals surface area (Å²) in [5, 5.41) is 3.57. The number of nitrogens with one attached hydrogen (secondary N) is 1. The van der Waals surface area contributed by atoms with Crippen LogP contribution >= 0.6 is 34.4 Å². The molecular formula is C15H14INS. The zero-order valence-corrected chi connectivity index (χ0v) is 12.9. The normalized spacial score (nSPS) is 17.5. The van der Waals surface area contributed by atoms with Crippen LogP contribution in [0.1, 0.15) is 11.5 Å². The summed E-state index contributed by atoms with van der Waals surface area (Å²) in [5.41, 5.74) is 2.74. The van der Waals surface area contributed by atoms with E-state index in [1.165, 1.54) is 25.5 Å². The van der Waals surface area contributed by atoms with E-state index in [-0.39, 0.29) is 0 Å². The molecule has 2 aromatic carbocycles. The molecule has 1 N–H and O–H groups in total. The van der Waals surface area contributed by atoms with Crippen LogP contribution in [0.5, 0.6) is 0 Å². The molecule has 0 aromatic heterocycles. The average molecular weight is 367 g/mol. The van der Waals surface area contributed by atoms with Gasteiger partial charge < -0.3 is 5.32 Å². The van der Waals surface area contributed by atoms with Gasteiger partial charge in [-0.3, -0.25) is 0 Å². The molecule has 0 bridgehead atoms. The van der Waals surface area contributed by atoms with Crippen LogP contribution in [-0.2, 0) is 0 Å². The van der Waals surface area contributed by atoms with E-state index in [2.05, 4.69) is 76.4 Å². The summed E-state index contributed by atoms with van der Waals surface area (Å²) in [6, 6.07) is 17.2. The minimum absolute atomic E-state index is 0.627. The summed E-state index contributed by atoms with van der Waals surface area (Å²) < 4.78 is 1.29. The van der Waals surface area contributed by atoms with Gasteiger partial charge in [0.15, 0.2) is 0 Å². The molecule has 0 spiro atoms. The van der Waals surface area contributed by atoms with Gasteiger partial charge in [-0.05, 0) is 46.4 Å². The predicted octanol–water partition coefficient (Wildman–Crippen LogP) is 4.59. The van der Waals surface area contributed by atoms with Crippen molar-refractivity contribution >= 4 is 40.0 Å². The van der Waals surface area contributed by atoms with Gasteiger partial charge in [0.2, 0.25) is 0 Å². The molecule has 18 heavy (non-hydrogen) atoms. The van der Waals surface area contributed by atoms with E-state index < -0.39 is 0 Å². The van der Waals surface area contributed by atoms with E-state index >= 15 is 0 Å². The first kappa shape index (κ1) is 12.4. The number of para-hydroxylation sites is 1. The molecule has 2 aromatic rings. The number of fused-ring (bicyclic) bond motifs is 1. The monoisotopic (exact) mass is 367 g/mol. The van der Waals surface area contributed by atoms with E-state index in [0.717, 1.165) is 6.54 Å². The Kier molecular flexibility index (Phi) is 3.80. The number of hydrogen-bond acceptors (Lipinski definition) is 2. The predicted molar refractivity (Wildman–Crippen MR) is 87.6 cm³/mol. The van der Waals surface area contributed by atoms with Crippen molar-refractivity contribution in [3.63, 3.8) is 0 Å². The minimum Gasteiger partial charge on any atom is -0.384 e. The summed E-state index contributed by atoms with van der Waals surface area (Å²) in [5.74, 6) is 1.82. The Hall–Kier alpha value is -0.680. The molecule has 0 fully saturated rings. The number of halogens is 1. The van der Waals surface area contributed by atoms with Gasteiger partial charge in [0.25, 0.3) is 0 Å². The maximum absolute atomic E-state index is 3.57. The lowest BCUT2D eigenvalue weighted by Crippen LogP contribution is -2.12. The quantitative estimate of drug-likeness (QED) is 0.797. The molecular weight excluding hydrogens is 353 g/mol. The minimum atomic E-state index is 0.627. The van der Waals surface area contributed by atoms with Gasteiger partial charge in [0.1, 0.15) is 0 Å². The molecule has 1 heterocycles. The molecule has 0 saturated carbocycles. The van der Waals surface area contributed by atoms with E-state index in [1.54, 1.807) is 0 Å². The molecule has 3 rings (SSSR count). The van der Waals surface area contributed by atoms with Crippen molar-refractivity contribution in [1.29, 1.82) is 0 Å². The van der Waals surface area contributed by atoms with E-state index in [9.17, 15) is 0 Å². The third-order valence-corrected chi connectivity index (χ3v) is 5.40. The van der Waals surface area contributed by atoms with Crippen molar-refractivity contribution in [2.45, 2.75) is 10.8 Å². The Bertz CT molecular complexity index is 556. The van der Waals surface area contributed by atoms with E-state index in [0.29, 0.717) is 5.92 Å². The first-order valence-electron chi connectivity index (χ1n) is 6.05. The van der Waals surface area contributed by atoms with Crippen LogP contribution < -0.4 is 5.32 Å². The van der Waals surface area contributed by atoms with Crippen molar-refractivity contribution in [1.82, 2.24) is 0 Å². The zero-order valence-electron chi connectivity index (χ0n) is 9.90. The molecule has 0 saturated heterocycles. The molecule has 92 valence electrons. The van der Waals surface area contributed by atoms with Crippen LogP contribution in [0.2, 0.25) is 0 Å². The van der Waals surface area contributed by atoms with Crippen molar-refractivity contribution < 1.29 is 0 Å². The zero-order chi connectivity index (χ0) is 12.4. The fraction of sp³-hybridized carbons (Fsp3) is 0.200. The molecule has 1 aliphatic heterocycles. The Labute approximate surface area is 126 Å². The maximum atomic E-state index is 3.57. The first-order chi connectivity index (χ1) is 8.84. The second-order valence-electron chi connectivity index (χ2n) is 4.41. The molecule has 0 aliphatic carbocycles. The Morgan fingerprint density at radius 1 is 1.11 bits per heavy atom. The van der Waals surface area contributed by atoms with Crippen LogP contribution in [0.15, 0.2) is 53.4 Å². The fourth-order valence-corrected chi connectivity index (χ4v) is 4.07. The summed E-state index contributed by atoms with van der Waals surface area (Å²) in [7, 11) is 0. The number of hydrogen-bond donors (Lipinski definition) is 1. The highest BCUT2D eigenvalue weighted by Gasteiger charge is 2.22. The van der Waals surface area contributed by atoms with Gasteiger partial charge >= 0.3 is 0 Å². The lowest BCUT2D eigenvalue weighted by atomic mass is 10.0. The molecule has 0 amide bonds. The van der Waals surface area contributed by atoms with Gasteiger partial charge in [-0.15, -0.1) is 11.8 Å². The molecule has 3 heteroatoms. The maximum Gasteiger partial charge on any atom is 0.0476 e. The standard InChI is InChI=1S/C15H14INS/c16-13-6-2-3-7-14(13)17-9-11-10-18-15-8-4-1-5-12(11)15/h1-8,11,17H,9-10H2. The highest BCUT2D eigenvalue weighted by atomic mass is 127. The lowest BCUT2D eigenvalue weighted by molar-refractivity contribution is 0.818. The van der Waals surface area contributed by atoms with Crippen molar-refractivity contribution in [2.24, 2.45) is 0 Å². The summed E-state index contributed by atoms with van der Waals surface area (Å²) in [4.78, 5) is 1.45. The second-order valence-corrected chi connectivity index (χ2v) is 6.63. The van der Waals surface area contributed by atoms with Crippen LogP contribution in [0.25, 0.3) is 0 Å². The fourth-order valence-electron chi connectivity index (χ4n) is 2.24. The molecule has 1 unspecified atom stereocenters. The van der Waals surface area contributed by atoms with Crippen molar-refractivity contribution in [3.05, 3.63) is 57.7 Å². The van der Waals surface area contributed by atoms with Gasteiger partial charge in [0.05, 0.1) is 0 Å². The van der Waals surface area contributed by atoms with Crippen molar-refractivity contribution in [3.8, 4) is 0 Å². The first-order valence-corrected chi connectivity index (χ1v) is 8.11. The lowest BCUT2D eigenvalue weighted by Gasteiger charge is -2.14. The third kappa shape index (κ3) is 2.52. The third-order valence-electron chi connectivity index (χ3n) is 3.21. The number of benzene rings is 2. The summed E-state index contributed by atoms with van der Waals surface area (Å²) in [6.45, 7) is 1.02. The molecule has 1 aliphatic rings. The number of anilines is 1. The molecule has 0 radical (unpaired) electrons. The Morgan fingerprint density at radius 2 is 1.89 bits per heavy atom. The number of thioether (sulfide) groups is 1. The topological polar surface area (TPSA) is 12.0 Å². The SMILES string of the molecule is Ic1ccccc1NCC1CSc2ccccc21. The Morgan fingerprint density at radius 3 is 2.78 bits per heavy atom. The molecule has 1 atom stereocenters. The number of rotatable bonds is 3. The highest BCUT2D eigenvalue weighted by Crippen LogP contribution is 2.39. The molecule has 1 nitrogen and oxygen atoms in total. The largest absolute Gasteiger partial charge is 0.384 e. The Balaban J connectivity index is 1.71. The van der Waals surface area contributed by atoms with Gasteiger partial charge in [-0.2, -0.15) is 0 Å².